The number of hydrogen-bond donors (Lipinski definition) is 0. The van der Waals surface area contributed by atoms with Gasteiger partial charge in [-0.3, -0.25) is 0 Å². The third kappa shape index (κ3) is 4.23. The van der Waals surface area contributed by atoms with Crippen LogP contribution in [0.5, 0.6) is 0 Å². The van der Waals surface area contributed by atoms with Gasteiger partial charge in [0.2, 0.25) is 0 Å². The first-order chi connectivity index (χ1) is 11.8. The third-order valence-electron chi connectivity index (χ3n) is 6.96. The van der Waals surface area contributed by atoms with Crippen LogP contribution in [0.25, 0.3) is 0 Å². The van der Waals surface area contributed by atoms with Gasteiger partial charge in [0, 0.05) is 18.6 Å². The van der Waals surface area contributed by atoms with Gasteiger partial charge in [0.05, 0.1) is 36.6 Å². The van der Waals surface area contributed by atoms with Crippen LogP contribution in [0.4, 0.5) is 0 Å². The average Bonchev–Trinajstić information content (AvgIpc) is 3.40. The SMILES string of the molecule is CC(C)(COCC1CCC2(C)OC2C1)COCC1CCC2(C)OC2C1. The molecule has 0 aromatic heterocycles. The fourth-order valence-corrected chi connectivity index (χ4v) is 4.79. The quantitative estimate of drug-likeness (QED) is 0.620. The van der Waals surface area contributed by atoms with E-state index >= 15 is 0 Å². The lowest BCUT2D eigenvalue weighted by Crippen LogP contribution is -2.30. The first-order valence-corrected chi connectivity index (χ1v) is 10.3. The van der Waals surface area contributed by atoms with Gasteiger partial charge in [-0.1, -0.05) is 13.8 Å². The summed E-state index contributed by atoms with van der Waals surface area (Å²) in [5, 5.41) is 0. The van der Waals surface area contributed by atoms with Crippen LogP contribution in [0, 0.1) is 17.3 Å². The van der Waals surface area contributed by atoms with Crippen molar-refractivity contribution in [1.82, 2.24) is 0 Å². The van der Waals surface area contributed by atoms with E-state index in [-0.39, 0.29) is 16.6 Å². The standard InChI is InChI=1S/C21H36O4/c1-19(2,13-22-11-15-5-7-20(3)17(9-15)24-20)14-23-12-16-6-8-21(4)18(10-16)25-21/h15-18H,5-14H2,1-4H3. The lowest BCUT2D eigenvalue weighted by Gasteiger charge is -2.28. The summed E-state index contributed by atoms with van der Waals surface area (Å²) in [5.74, 6) is 1.35. The van der Waals surface area contributed by atoms with Gasteiger partial charge >= 0.3 is 0 Å². The van der Waals surface area contributed by atoms with E-state index in [1.54, 1.807) is 0 Å². The molecule has 2 aliphatic heterocycles. The maximum atomic E-state index is 6.06. The molecule has 0 aromatic carbocycles. The maximum absolute atomic E-state index is 6.06. The maximum Gasteiger partial charge on any atom is 0.0920 e. The average molecular weight is 353 g/mol. The Labute approximate surface area is 152 Å². The summed E-state index contributed by atoms with van der Waals surface area (Å²) in [6.45, 7) is 12.3. The van der Waals surface area contributed by atoms with Gasteiger partial charge in [-0.2, -0.15) is 0 Å². The molecule has 0 N–H and O–H groups in total. The minimum atomic E-state index is 0.0819. The minimum Gasteiger partial charge on any atom is -0.381 e. The van der Waals surface area contributed by atoms with Crippen molar-refractivity contribution in [3.8, 4) is 0 Å². The van der Waals surface area contributed by atoms with Crippen molar-refractivity contribution in [2.75, 3.05) is 26.4 Å². The summed E-state index contributed by atoms with van der Waals surface area (Å²) >= 11 is 0. The molecule has 6 atom stereocenters. The monoisotopic (exact) mass is 352 g/mol. The largest absolute Gasteiger partial charge is 0.381 e. The summed E-state index contributed by atoms with van der Waals surface area (Å²) < 4.78 is 23.7. The highest BCUT2D eigenvalue weighted by Gasteiger charge is 2.55. The van der Waals surface area contributed by atoms with Gasteiger partial charge in [-0.15, -0.1) is 0 Å². The van der Waals surface area contributed by atoms with Gasteiger partial charge in [0.1, 0.15) is 0 Å². The first-order valence-electron chi connectivity index (χ1n) is 10.3. The predicted octanol–water partition coefficient (Wildman–Crippen LogP) is 3.96. The van der Waals surface area contributed by atoms with Gasteiger partial charge in [0.25, 0.3) is 0 Å². The van der Waals surface area contributed by atoms with Crippen LogP contribution in [-0.2, 0) is 18.9 Å². The molecule has 0 spiro atoms. The highest BCUT2D eigenvalue weighted by Crippen LogP contribution is 2.50. The molecule has 6 unspecified atom stereocenters. The van der Waals surface area contributed by atoms with E-state index in [9.17, 15) is 0 Å². The molecule has 2 saturated carbocycles. The molecule has 144 valence electrons. The van der Waals surface area contributed by atoms with Crippen molar-refractivity contribution in [2.24, 2.45) is 17.3 Å². The number of ether oxygens (including phenoxy) is 4. The zero-order valence-corrected chi connectivity index (χ0v) is 16.5. The fourth-order valence-electron chi connectivity index (χ4n) is 4.79. The summed E-state index contributed by atoms with van der Waals surface area (Å²) in [4.78, 5) is 0. The van der Waals surface area contributed by atoms with Crippen LogP contribution in [-0.4, -0.2) is 49.8 Å². The molecule has 4 heteroatoms. The van der Waals surface area contributed by atoms with E-state index in [2.05, 4.69) is 27.7 Å². The van der Waals surface area contributed by atoms with E-state index in [4.69, 9.17) is 18.9 Å². The molecule has 2 heterocycles. The van der Waals surface area contributed by atoms with Crippen LogP contribution in [0.15, 0.2) is 0 Å². The van der Waals surface area contributed by atoms with Gasteiger partial charge < -0.3 is 18.9 Å². The molecular formula is C21H36O4. The fraction of sp³-hybridized carbons (Fsp3) is 1.00. The smallest absolute Gasteiger partial charge is 0.0920 e. The molecule has 2 saturated heterocycles. The Bertz CT molecular complexity index is 450. The summed E-state index contributed by atoms with van der Waals surface area (Å²) in [6.07, 6.45) is 8.24. The Kier molecular flexibility index (Phi) is 4.71. The number of epoxide rings is 2. The van der Waals surface area contributed by atoms with Crippen molar-refractivity contribution in [2.45, 2.75) is 89.6 Å². The molecule has 4 rings (SSSR count). The lowest BCUT2D eigenvalue weighted by molar-refractivity contribution is -0.0257. The van der Waals surface area contributed by atoms with Gasteiger partial charge in [0.15, 0.2) is 0 Å². The van der Waals surface area contributed by atoms with Crippen molar-refractivity contribution < 1.29 is 18.9 Å². The second kappa shape index (κ2) is 6.47. The highest BCUT2D eigenvalue weighted by molar-refractivity contribution is 5.04. The number of hydrogen-bond acceptors (Lipinski definition) is 4. The van der Waals surface area contributed by atoms with Crippen LogP contribution in [0.2, 0.25) is 0 Å². The summed E-state index contributed by atoms with van der Waals surface area (Å²) in [7, 11) is 0. The normalized spacial score (nSPS) is 45.6. The first kappa shape index (κ1) is 18.2. The van der Waals surface area contributed by atoms with Crippen LogP contribution >= 0.6 is 0 Å². The van der Waals surface area contributed by atoms with Crippen LogP contribution in [0.1, 0.15) is 66.2 Å². The molecule has 4 aliphatic rings. The van der Waals surface area contributed by atoms with Crippen LogP contribution < -0.4 is 0 Å². The predicted molar refractivity (Wildman–Crippen MR) is 96.7 cm³/mol. The summed E-state index contributed by atoms with van der Waals surface area (Å²) in [6, 6.07) is 0. The second-order valence-corrected chi connectivity index (χ2v) is 10.3. The topological polar surface area (TPSA) is 43.5 Å². The molecule has 0 aromatic rings. The Morgan fingerprint density at radius 1 is 0.840 bits per heavy atom. The molecule has 4 nitrogen and oxygen atoms in total. The van der Waals surface area contributed by atoms with E-state index in [1.807, 2.05) is 0 Å². The van der Waals surface area contributed by atoms with Gasteiger partial charge in [-0.05, 0) is 64.2 Å². The molecule has 25 heavy (non-hydrogen) atoms. The van der Waals surface area contributed by atoms with E-state index in [0.717, 1.165) is 26.4 Å². The summed E-state index contributed by atoms with van der Waals surface area (Å²) in [5.41, 5.74) is 0.510. The van der Waals surface area contributed by atoms with E-state index < -0.39 is 0 Å². The van der Waals surface area contributed by atoms with Crippen molar-refractivity contribution in [3.05, 3.63) is 0 Å². The van der Waals surface area contributed by atoms with Crippen LogP contribution in [0.3, 0.4) is 0 Å². The zero-order chi connectivity index (χ0) is 17.7. The van der Waals surface area contributed by atoms with E-state index in [1.165, 1.54) is 38.5 Å². The number of fused-ring (bicyclic) bond motifs is 2. The molecule has 0 radical (unpaired) electrons. The molecule has 0 bridgehead atoms. The second-order valence-electron chi connectivity index (χ2n) is 10.3. The number of rotatable bonds is 8. The molecular weight excluding hydrogens is 316 g/mol. The molecule has 0 amide bonds. The minimum absolute atomic E-state index is 0.0819. The molecule has 4 fully saturated rings. The van der Waals surface area contributed by atoms with Crippen molar-refractivity contribution in [1.29, 1.82) is 0 Å². The van der Waals surface area contributed by atoms with Crippen molar-refractivity contribution >= 4 is 0 Å². The highest BCUT2D eigenvalue weighted by atomic mass is 16.6. The Hall–Kier alpha value is -0.160. The molecule has 2 aliphatic carbocycles. The van der Waals surface area contributed by atoms with Crippen molar-refractivity contribution in [3.63, 3.8) is 0 Å². The van der Waals surface area contributed by atoms with Gasteiger partial charge in [-0.25, -0.2) is 0 Å². The zero-order valence-electron chi connectivity index (χ0n) is 16.5. The van der Waals surface area contributed by atoms with E-state index in [0.29, 0.717) is 24.0 Å². The Balaban J connectivity index is 1.09. The lowest BCUT2D eigenvalue weighted by atomic mass is 9.83. The Morgan fingerprint density at radius 2 is 1.28 bits per heavy atom. The Morgan fingerprint density at radius 3 is 1.68 bits per heavy atom. The third-order valence-corrected chi connectivity index (χ3v) is 6.96.